The second-order valence-corrected chi connectivity index (χ2v) is 6.75. The van der Waals surface area contributed by atoms with Crippen LogP contribution in [0, 0.1) is 5.92 Å². The normalized spacial score (nSPS) is 19.9. The Balaban J connectivity index is 1.53. The summed E-state index contributed by atoms with van der Waals surface area (Å²) in [5.41, 5.74) is 1.20. The number of rotatable bonds is 8. The van der Waals surface area contributed by atoms with Gasteiger partial charge in [-0.15, -0.1) is 0 Å². The molecule has 1 aliphatic carbocycles. The van der Waals surface area contributed by atoms with Gasteiger partial charge in [-0.25, -0.2) is 4.79 Å². The lowest BCUT2D eigenvalue weighted by molar-refractivity contribution is -0.142. The first kappa shape index (κ1) is 19.1. The standard InChI is InChI=1S/C19H29N3O3/c1-22(17-7-3-2-4-8-17)14-6-5-13-20-19(25)21-16-11-9-15(10-12-16)18(23)24/h2-4,7-8,15-16H,5-6,9-14H2,1H3,(H,23,24)(H2,20,21,25). The fourth-order valence-electron chi connectivity index (χ4n) is 3.21. The number of benzene rings is 1. The molecule has 1 saturated carbocycles. The minimum absolute atomic E-state index is 0.0970. The number of nitrogens with one attached hydrogen (secondary N) is 2. The molecule has 25 heavy (non-hydrogen) atoms. The van der Waals surface area contributed by atoms with E-state index in [0.29, 0.717) is 19.4 Å². The first-order valence-electron chi connectivity index (χ1n) is 9.09. The van der Waals surface area contributed by atoms with Crippen LogP contribution in [0.1, 0.15) is 38.5 Å². The number of hydrogen-bond acceptors (Lipinski definition) is 3. The zero-order valence-corrected chi connectivity index (χ0v) is 14.9. The van der Waals surface area contributed by atoms with E-state index in [-0.39, 0.29) is 18.0 Å². The molecule has 1 aromatic carbocycles. The average Bonchev–Trinajstić information content (AvgIpc) is 2.62. The number of para-hydroxylation sites is 1. The number of anilines is 1. The Bertz CT molecular complexity index is 542. The molecule has 2 amide bonds. The van der Waals surface area contributed by atoms with Crippen LogP contribution in [0.2, 0.25) is 0 Å². The van der Waals surface area contributed by atoms with Crippen LogP contribution >= 0.6 is 0 Å². The first-order valence-corrected chi connectivity index (χ1v) is 9.09. The number of carbonyl (C=O) groups excluding carboxylic acids is 1. The van der Waals surface area contributed by atoms with Gasteiger partial charge in [0.15, 0.2) is 0 Å². The molecule has 1 aliphatic rings. The highest BCUT2D eigenvalue weighted by Crippen LogP contribution is 2.24. The zero-order chi connectivity index (χ0) is 18.1. The summed E-state index contributed by atoms with van der Waals surface area (Å²) in [6.07, 6.45) is 4.71. The lowest BCUT2D eigenvalue weighted by Gasteiger charge is -2.26. The molecule has 0 heterocycles. The maximum Gasteiger partial charge on any atom is 0.315 e. The largest absolute Gasteiger partial charge is 0.481 e. The van der Waals surface area contributed by atoms with E-state index in [9.17, 15) is 9.59 Å². The third-order valence-electron chi connectivity index (χ3n) is 4.81. The summed E-state index contributed by atoms with van der Waals surface area (Å²) < 4.78 is 0. The number of nitrogens with zero attached hydrogens (tertiary/aromatic N) is 1. The molecule has 3 N–H and O–H groups in total. The fourth-order valence-corrected chi connectivity index (χ4v) is 3.21. The molecular formula is C19H29N3O3. The predicted molar refractivity (Wildman–Crippen MR) is 98.9 cm³/mol. The van der Waals surface area contributed by atoms with Crippen molar-refractivity contribution in [3.8, 4) is 0 Å². The number of amides is 2. The zero-order valence-electron chi connectivity index (χ0n) is 14.9. The van der Waals surface area contributed by atoms with Gasteiger partial charge in [-0.2, -0.15) is 0 Å². The molecule has 1 aromatic rings. The predicted octanol–water partition coefficient (Wildman–Crippen LogP) is 2.85. The van der Waals surface area contributed by atoms with Crippen LogP contribution in [0.15, 0.2) is 30.3 Å². The van der Waals surface area contributed by atoms with Crippen molar-refractivity contribution < 1.29 is 14.7 Å². The van der Waals surface area contributed by atoms with Gasteiger partial charge >= 0.3 is 12.0 Å². The second kappa shape index (κ2) is 9.91. The van der Waals surface area contributed by atoms with Gasteiger partial charge in [0.25, 0.3) is 0 Å². The second-order valence-electron chi connectivity index (χ2n) is 6.75. The van der Waals surface area contributed by atoms with E-state index < -0.39 is 5.97 Å². The van der Waals surface area contributed by atoms with Gasteiger partial charge in [-0.05, 0) is 50.7 Å². The Hall–Kier alpha value is -2.24. The van der Waals surface area contributed by atoms with Gasteiger partial charge in [0.1, 0.15) is 0 Å². The van der Waals surface area contributed by atoms with Crippen LogP contribution in [-0.2, 0) is 4.79 Å². The summed E-state index contributed by atoms with van der Waals surface area (Å²) in [7, 11) is 2.07. The molecular weight excluding hydrogens is 318 g/mol. The quantitative estimate of drug-likeness (QED) is 0.632. The van der Waals surface area contributed by atoms with Crippen LogP contribution in [-0.4, -0.2) is 43.3 Å². The van der Waals surface area contributed by atoms with Crippen molar-refractivity contribution in [2.45, 2.75) is 44.6 Å². The Morgan fingerprint density at radius 2 is 1.80 bits per heavy atom. The molecule has 2 rings (SSSR count). The SMILES string of the molecule is CN(CCCCNC(=O)NC1CCC(C(=O)O)CC1)c1ccccc1. The summed E-state index contributed by atoms with van der Waals surface area (Å²) in [4.78, 5) is 25.0. The van der Waals surface area contributed by atoms with Crippen molar-refractivity contribution in [3.63, 3.8) is 0 Å². The summed E-state index contributed by atoms with van der Waals surface area (Å²) >= 11 is 0. The van der Waals surface area contributed by atoms with Crippen molar-refractivity contribution >= 4 is 17.7 Å². The maximum atomic E-state index is 11.9. The molecule has 0 saturated heterocycles. The van der Waals surface area contributed by atoms with Gasteiger partial charge in [0, 0.05) is 31.9 Å². The van der Waals surface area contributed by atoms with E-state index in [1.807, 2.05) is 18.2 Å². The first-order chi connectivity index (χ1) is 12.1. The van der Waals surface area contributed by atoms with Crippen LogP contribution in [0.5, 0.6) is 0 Å². The molecule has 1 fully saturated rings. The number of carbonyl (C=O) groups is 2. The third kappa shape index (κ3) is 6.64. The van der Waals surface area contributed by atoms with Crippen LogP contribution in [0.3, 0.4) is 0 Å². The molecule has 6 nitrogen and oxygen atoms in total. The van der Waals surface area contributed by atoms with E-state index in [1.54, 1.807) is 0 Å². The monoisotopic (exact) mass is 347 g/mol. The minimum Gasteiger partial charge on any atom is -0.481 e. The molecule has 0 unspecified atom stereocenters. The topological polar surface area (TPSA) is 81.7 Å². The molecule has 0 radical (unpaired) electrons. The maximum absolute atomic E-state index is 11.9. The van der Waals surface area contributed by atoms with E-state index in [2.05, 4.69) is 34.7 Å². The van der Waals surface area contributed by atoms with Crippen molar-refractivity contribution in [3.05, 3.63) is 30.3 Å². The smallest absolute Gasteiger partial charge is 0.315 e. The average molecular weight is 347 g/mol. The van der Waals surface area contributed by atoms with Gasteiger partial charge < -0.3 is 20.6 Å². The highest BCUT2D eigenvalue weighted by Gasteiger charge is 2.26. The fraction of sp³-hybridized carbons (Fsp3) is 0.579. The van der Waals surface area contributed by atoms with E-state index in [4.69, 9.17) is 5.11 Å². The summed E-state index contributed by atoms with van der Waals surface area (Å²) in [5.74, 6) is -0.967. The Morgan fingerprint density at radius 3 is 2.44 bits per heavy atom. The molecule has 138 valence electrons. The summed E-state index contributed by atoms with van der Waals surface area (Å²) in [6, 6.07) is 10.2. The molecule has 0 atom stereocenters. The van der Waals surface area contributed by atoms with Gasteiger partial charge in [-0.3, -0.25) is 4.79 Å². The van der Waals surface area contributed by atoms with Crippen LogP contribution in [0.25, 0.3) is 0 Å². The lowest BCUT2D eigenvalue weighted by Crippen LogP contribution is -2.44. The van der Waals surface area contributed by atoms with Crippen LogP contribution < -0.4 is 15.5 Å². The number of aliphatic carboxylic acids is 1. The van der Waals surface area contributed by atoms with Crippen molar-refractivity contribution in [1.82, 2.24) is 10.6 Å². The van der Waals surface area contributed by atoms with Crippen molar-refractivity contribution in [2.75, 3.05) is 25.0 Å². The minimum atomic E-state index is -0.719. The summed E-state index contributed by atoms with van der Waals surface area (Å²) in [6.45, 7) is 1.60. The third-order valence-corrected chi connectivity index (χ3v) is 4.81. The van der Waals surface area contributed by atoms with Gasteiger partial charge in [-0.1, -0.05) is 18.2 Å². The molecule has 0 aromatic heterocycles. The number of carboxylic acids is 1. The van der Waals surface area contributed by atoms with Crippen molar-refractivity contribution in [2.24, 2.45) is 5.92 Å². The van der Waals surface area contributed by atoms with E-state index in [0.717, 1.165) is 32.2 Å². The number of hydrogen-bond donors (Lipinski definition) is 3. The van der Waals surface area contributed by atoms with Gasteiger partial charge in [0.05, 0.1) is 5.92 Å². The number of unbranched alkanes of at least 4 members (excludes halogenated alkanes) is 1. The Labute approximate surface area is 149 Å². The van der Waals surface area contributed by atoms with Crippen LogP contribution in [0.4, 0.5) is 10.5 Å². The Morgan fingerprint density at radius 1 is 1.12 bits per heavy atom. The molecule has 0 aliphatic heterocycles. The number of carboxylic acid groups (broad SMARTS) is 1. The molecule has 0 spiro atoms. The molecule has 6 heteroatoms. The van der Waals surface area contributed by atoms with Gasteiger partial charge in [0.2, 0.25) is 0 Å². The highest BCUT2D eigenvalue weighted by molar-refractivity contribution is 5.74. The van der Waals surface area contributed by atoms with Crippen molar-refractivity contribution in [1.29, 1.82) is 0 Å². The highest BCUT2D eigenvalue weighted by atomic mass is 16.4. The van der Waals surface area contributed by atoms with E-state index in [1.165, 1.54) is 5.69 Å². The number of urea groups is 1. The molecule has 0 bridgehead atoms. The van der Waals surface area contributed by atoms with E-state index >= 15 is 0 Å². The summed E-state index contributed by atoms with van der Waals surface area (Å²) in [5, 5.41) is 14.8. The Kier molecular flexibility index (Phi) is 7.57. The lowest BCUT2D eigenvalue weighted by atomic mass is 9.86.